The second-order valence-electron chi connectivity index (χ2n) is 2.01. The number of rotatable bonds is 0. The predicted octanol–water partition coefficient (Wildman–Crippen LogP) is -0.589. The molecule has 0 aromatic carbocycles. The van der Waals surface area contributed by atoms with Gasteiger partial charge in [-0.25, -0.2) is 10.2 Å². The van der Waals surface area contributed by atoms with Gasteiger partial charge in [0.1, 0.15) is 0 Å². The van der Waals surface area contributed by atoms with Crippen LogP contribution in [0.4, 0.5) is 0 Å². The van der Waals surface area contributed by atoms with E-state index in [-0.39, 0.29) is 11.9 Å². The van der Waals surface area contributed by atoms with Gasteiger partial charge in [0.15, 0.2) is 0 Å². The molecule has 12 heavy (non-hydrogen) atoms. The van der Waals surface area contributed by atoms with Gasteiger partial charge in [0, 0.05) is 6.21 Å². The lowest BCUT2D eigenvalue weighted by Crippen LogP contribution is -2.08. The highest BCUT2D eigenvalue weighted by atomic mass is 16.7. The zero-order valence-electron chi connectivity index (χ0n) is 6.19. The molecule has 0 unspecified atom stereocenters. The normalized spacial score (nSPS) is 18.3. The number of amides is 1. The van der Waals surface area contributed by atoms with E-state index in [0.29, 0.717) is 12.8 Å². The molecule has 1 N–H and O–H groups in total. The lowest BCUT2D eigenvalue weighted by Gasteiger charge is -1.77. The van der Waals surface area contributed by atoms with E-state index in [1.54, 1.807) is 6.21 Å². The first-order valence-electron chi connectivity index (χ1n) is 3.31. The molecule has 0 aromatic rings. The van der Waals surface area contributed by atoms with Gasteiger partial charge in [-0.2, -0.15) is 5.10 Å². The summed E-state index contributed by atoms with van der Waals surface area (Å²) in [4.78, 5) is 24.0. The third kappa shape index (κ3) is 2.91. The van der Waals surface area contributed by atoms with Crippen LogP contribution in [0, 0.1) is 0 Å². The molecular weight excluding hydrogens is 162 g/mol. The van der Waals surface area contributed by atoms with Gasteiger partial charge in [0.25, 0.3) is 0 Å². The maximum absolute atomic E-state index is 10.0. The van der Waals surface area contributed by atoms with Crippen LogP contribution in [0.5, 0.6) is 0 Å². The molecule has 0 saturated heterocycles. The number of hydrazone groups is 1. The quantitative estimate of drug-likeness (QED) is 0.492. The molecule has 6 nitrogen and oxygen atoms in total. The van der Waals surface area contributed by atoms with Gasteiger partial charge in [-0.05, 0) is 0 Å². The lowest BCUT2D eigenvalue weighted by atomic mass is 10.5. The zero-order valence-corrected chi connectivity index (χ0v) is 6.19. The summed E-state index contributed by atoms with van der Waals surface area (Å²) in [6.07, 6.45) is 3.75. The van der Waals surface area contributed by atoms with Crippen LogP contribution < -0.4 is 5.43 Å². The number of nitrogens with zero attached hydrogens (tertiary/aromatic N) is 2. The molecule has 64 valence electrons. The molecule has 0 atom stereocenters. The van der Waals surface area contributed by atoms with Crippen molar-refractivity contribution in [1.82, 2.24) is 5.43 Å². The van der Waals surface area contributed by atoms with Crippen molar-refractivity contribution in [3.8, 4) is 0 Å². The van der Waals surface area contributed by atoms with Gasteiger partial charge in [-0.1, -0.05) is 5.16 Å². The Labute approximate surface area is 68.3 Å². The van der Waals surface area contributed by atoms with Crippen LogP contribution >= 0.6 is 0 Å². The Bertz CT molecular complexity index is 200. The van der Waals surface area contributed by atoms with E-state index >= 15 is 0 Å². The summed E-state index contributed by atoms with van der Waals surface area (Å²) in [6.45, 7) is 0. The number of carbonyl (C=O) groups is 2. The van der Waals surface area contributed by atoms with E-state index in [1.165, 1.54) is 6.21 Å². The summed E-state index contributed by atoms with van der Waals surface area (Å²) < 4.78 is 0. The van der Waals surface area contributed by atoms with Crippen molar-refractivity contribution in [3.63, 3.8) is 0 Å². The first-order valence-corrected chi connectivity index (χ1v) is 3.31. The smallest absolute Gasteiger partial charge is 0.318 e. The number of oxime groups is 1. The second-order valence-corrected chi connectivity index (χ2v) is 2.01. The van der Waals surface area contributed by atoms with Gasteiger partial charge in [0.2, 0.25) is 5.91 Å². The highest BCUT2D eigenvalue weighted by Crippen LogP contribution is 1.90. The molecule has 2 aliphatic heterocycles. The Morgan fingerprint density at radius 1 is 1.33 bits per heavy atom. The molecule has 1 amide bonds. The van der Waals surface area contributed by atoms with Crippen molar-refractivity contribution in [1.29, 1.82) is 0 Å². The predicted molar refractivity (Wildman–Crippen MR) is 40.5 cm³/mol. The van der Waals surface area contributed by atoms with E-state index in [4.69, 9.17) is 0 Å². The molecule has 0 radical (unpaired) electrons. The summed E-state index contributed by atoms with van der Waals surface area (Å²) in [6, 6.07) is 0. The first kappa shape index (κ1) is 8.38. The van der Waals surface area contributed by atoms with Crippen molar-refractivity contribution in [2.45, 2.75) is 12.8 Å². The summed E-state index contributed by atoms with van der Waals surface area (Å²) >= 11 is 0. The maximum atomic E-state index is 10.0. The molecule has 0 aromatic heterocycles. The number of hydrogen-bond donors (Lipinski definition) is 1. The van der Waals surface area contributed by atoms with Gasteiger partial charge in [0.05, 0.1) is 19.1 Å². The van der Waals surface area contributed by atoms with Crippen LogP contribution in [-0.4, -0.2) is 24.3 Å². The summed E-state index contributed by atoms with van der Waals surface area (Å²) in [5, 5.41) is 6.63. The van der Waals surface area contributed by atoms with E-state index in [0.717, 1.165) is 0 Å². The highest BCUT2D eigenvalue weighted by Gasteiger charge is 2.03. The molecule has 0 bridgehead atoms. The topological polar surface area (TPSA) is 80.1 Å². The molecular formula is C6H7N3O3. The molecule has 0 aliphatic carbocycles. The monoisotopic (exact) mass is 169 g/mol. The molecule has 2 heterocycles. The first-order chi connectivity index (χ1) is 5.79. The Kier molecular flexibility index (Phi) is 2.95. The minimum atomic E-state index is -0.269. The molecule has 2 aliphatic rings. The van der Waals surface area contributed by atoms with Gasteiger partial charge in [-0.3, -0.25) is 4.79 Å². The molecule has 0 saturated carbocycles. The van der Waals surface area contributed by atoms with Crippen LogP contribution in [0.3, 0.4) is 0 Å². The van der Waals surface area contributed by atoms with Crippen molar-refractivity contribution < 1.29 is 14.4 Å². The van der Waals surface area contributed by atoms with Crippen molar-refractivity contribution in [3.05, 3.63) is 0 Å². The molecule has 0 spiro atoms. The third-order valence-electron chi connectivity index (χ3n) is 1.04. The summed E-state index contributed by atoms with van der Waals surface area (Å²) in [7, 11) is 0. The fourth-order valence-electron chi connectivity index (χ4n) is 0.537. The number of carbonyl (C=O) groups excluding carboxylic acids is 2. The largest absolute Gasteiger partial charge is 0.340 e. The van der Waals surface area contributed by atoms with Gasteiger partial charge < -0.3 is 4.84 Å². The van der Waals surface area contributed by atoms with E-state index in [9.17, 15) is 9.59 Å². The van der Waals surface area contributed by atoms with E-state index in [1.807, 2.05) is 0 Å². The molecule has 2 rings (SSSR count). The summed E-state index contributed by atoms with van der Waals surface area (Å²) in [5.74, 6) is -0.287. The average molecular weight is 169 g/mol. The van der Waals surface area contributed by atoms with Crippen molar-refractivity contribution >= 4 is 24.3 Å². The van der Waals surface area contributed by atoms with Gasteiger partial charge >= 0.3 is 5.97 Å². The zero-order chi connectivity index (χ0) is 8.81. The van der Waals surface area contributed by atoms with Crippen LogP contribution in [0.1, 0.15) is 12.8 Å². The lowest BCUT2D eigenvalue weighted by molar-refractivity contribution is -0.140. The van der Waals surface area contributed by atoms with Crippen LogP contribution in [0.25, 0.3) is 0 Å². The summed E-state index contributed by atoms with van der Waals surface area (Å²) in [5.41, 5.74) is 2.25. The maximum Gasteiger partial charge on any atom is 0.340 e. The SMILES string of the molecule is O=C1CC=NN1.O=C1CC=NO1. The molecule has 0 fully saturated rings. The fourth-order valence-corrected chi connectivity index (χ4v) is 0.537. The van der Waals surface area contributed by atoms with E-state index < -0.39 is 0 Å². The Hall–Kier alpha value is -1.72. The van der Waals surface area contributed by atoms with Crippen LogP contribution in [0.2, 0.25) is 0 Å². The minimum Gasteiger partial charge on any atom is -0.318 e. The minimum absolute atomic E-state index is 0.0185. The van der Waals surface area contributed by atoms with Crippen LogP contribution in [0.15, 0.2) is 10.3 Å². The average Bonchev–Trinajstić information content (AvgIpc) is 2.63. The number of nitrogens with one attached hydrogen (secondary N) is 1. The fraction of sp³-hybridized carbons (Fsp3) is 0.333. The van der Waals surface area contributed by atoms with Crippen molar-refractivity contribution in [2.24, 2.45) is 10.3 Å². The Balaban J connectivity index is 0.000000120. The second kappa shape index (κ2) is 4.22. The third-order valence-corrected chi connectivity index (χ3v) is 1.04. The van der Waals surface area contributed by atoms with Crippen LogP contribution in [-0.2, 0) is 14.4 Å². The Morgan fingerprint density at radius 2 is 2.17 bits per heavy atom. The number of hydrogen-bond acceptors (Lipinski definition) is 5. The van der Waals surface area contributed by atoms with Crippen molar-refractivity contribution in [2.75, 3.05) is 0 Å². The standard InChI is InChI=1S/C3H4N2O.C3H3NO2/c6-3-1-2-4-5-3;5-3-1-2-4-6-3/h2H,1H2,(H,5,6);2H,1H2. The molecule has 6 heteroatoms. The van der Waals surface area contributed by atoms with E-state index in [2.05, 4.69) is 20.5 Å². The van der Waals surface area contributed by atoms with Gasteiger partial charge in [-0.15, -0.1) is 0 Å². The Morgan fingerprint density at radius 3 is 2.33 bits per heavy atom. The highest BCUT2D eigenvalue weighted by molar-refractivity contribution is 5.93.